The first kappa shape index (κ1) is 14.5. The Labute approximate surface area is 122 Å². The minimum atomic E-state index is -0.847. The molecule has 21 heavy (non-hydrogen) atoms. The summed E-state index contributed by atoms with van der Waals surface area (Å²) in [6.07, 6.45) is 2.29. The number of carbonyl (C=O) groups is 1. The number of hydrogen-bond donors (Lipinski definition) is 1. The highest BCUT2D eigenvalue weighted by molar-refractivity contribution is 6.31. The fourth-order valence-corrected chi connectivity index (χ4v) is 1.68. The van der Waals surface area contributed by atoms with Gasteiger partial charge in [-0.1, -0.05) is 11.6 Å². The molecule has 1 N–H and O–H groups in total. The van der Waals surface area contributed by atoms with E-state index in [2.05, 4.69) is 10.5 Å². The van der Waals surface area contributed by atoms with Crippen LogP contribution in [0.2, 0.25) is 5.02 Å². The predicted molar refractivity (Wildman–Crippen MR) is 71.3 cm³/mol. The highest BCUT2D eigenvalue weighted by Gasteiger charge is 2.11. The molecular weight excluding hydrogens is 302 g/mol. The van der Waals surface area contributed by atoms with Gasteiger partial charge >= 0.3 is 5.91 Å². The maximum Gasteiger partial charge on any atom is 0.307 e. The van der Waals surface area contributed by atoms with Gasteiger partial charge in [-0.2, -0.15) is 5.10 Å². The van der Waals surface area contributed by atoms with Crippen molar-refractivity contribution in [2.45, 2.75) is 0 Å². The van der Waals surface area contributed by atoms with E-state index in [4.69, 9.17) is 16.0 Å². The predicted octanol–water partition coefficient (Wildman–Crippen LogP) is 1.68. The second kappa shape index (κ2) is 6.06. The van der Waals surface area contributed by atoms with Crippen molar-refractivity contribution in [2.75, 3.05) is 0 Å². The van der Waals surface area contributed by atoms with E-state index in [1.165, 1.54) is 24.5 Å². The summed E-state index contributed by atoms with van der Waals surface area (Å²) < 4.78 is 4.83. The molecule has 2 rings (SSSR count). The summed E-state index contributed by atoms with van der Waals surface area (Å²) in [5.74, 6) is -1.44. The molecule has 0 saturated heterocycles. The van der Waals surface area contributed by atoms with Crippen LogP contribution in [0.15, 0.2) is 40.0 Å². The van der Waals surface area contributed by atoms with Gasteiger partial charge < -0.3 is 9.52 Å². The number of hydrogen-bond acceptors (Lipinski definition) is 6. The average molecular weight is 309 g/mol. The SMILES string of the molecule is O=C(N/N=C\c1cc(Cl)cc([N+](=O)[O-])c1[O-])c1ccco1. The molecule has 1 aromatic heterocycles. The number of nitro benzene ring substituents is 1. The summed E-state index contributed by atoms with van der Waals surface area (Å²) in [6, 6.07) is 5.10. The fourth-order valence-electron chi connectivity index (χ4n) is 1.45. The summed E-state index contributed by atoms with van der Waals surface area (Å²) in [7, 11) is 0. The number of amides is 1. The molecule has 0 spiro atoms. The van der Waals surface area contributed by atoms with Crippen molar-refractivity contribution in [2.24, 2.45) is 5.10 Å². The van der Waals surface area contributed by atoms with Gasteiger partial charge in [-0.25, -0.2) is 5.43 Å². The van der Waals surface area contributed by atoms with Crippen molar-refractivity contribution in [3.05, 3.63) is 57.0 Å². The summed E-state index contributed by atoms with van der Waals surface area (Å²) in [4.78, 5) is 21.3. The molecular formula is C12H7ClN3O5-. The number of carbonyl (C=O) groups excluding carboxylic acids is 1. The van der Waals surface area contributed by atoms with Crippen molar-refractivity contribution >= 4 is 29.4 Å². The van der Waals surface area contributed by atoms with Gasteiger partial charge in [0, 0.05) is 11.1 Å². The Hall–Kier alpha value is -2.87. The number of nitro groups is 1. The summed E-state index contributed by atoms with van der Waals surface area (Å²) in [5.41, 5.74) is 1.33. The number of hydrazone groups is 1. The van der Waals surface area contributed by atoms with Crippen molar-refractivity contribution in [3.8, 4) is 5.75 Å². The average Bonchev–Trinajstić information content (AvgIpc) is 2.95. The lowest BCUT2D eigenvalue weighted by molar-refractivity contribution is -0.398. The van der Waals surface area contributed by atoms with Gasteiger partial charge in [-0.15, -0.1) is 0 Å². The molecule has 0 fully saturated rings. The zero-order valence-corrected chi connectivity index (χ0v) is 11.0. The third kappa shape index (κ3) is 3.37. The lowest BCUT2D eigenvalue weighted by Gasteiger charge is -2.10. The maximum atomic E-state index is 11.7. The van der Waals surface area contributed by atoms with Crippen molar-refractivity contribution in [3.63, 3.8) is 0 Å². The Morgan fingerprint density at radius 2 is 2.24 bits per heavy atom. The molecule has 0 radical (unpaired) electrons. The third-order valence-corrected chi connectivity index (χ3v) is 2.59. The number of nitrogens with one attached hydrogen (secondary N) is 1. The van der Waals surface area contributed by atoms with Crippen LogP contribution < -0.4 is 10.5 Å². The lowest BCUT2D eigenvalue weighted by Crippen LogP contribution is -2.17. The molecule has 0 aliphatic heterocycles. The van der Waals surface area contributed by atoms with E-state index in [0.29, 0.717) is 0 Å². The molecule has 1 heterocycles. The number of nitrogens with zero attached hydrogens (tertiary/aromatic N) is 2. The van der Waals surface area contributed by atoms with Gasteiger partial charge in [0.2, 0.25) is 0 Å². The van der Waals surface area contributed by atoms with E-state index < -0.39 is 22.3 Å². The first-order chi connectivity index (χ1) is 9.99. The summed E-state index contributed by atoms with van der Waals surface area (Å²) in [6.45, 7) is 0. The van der Waals surface area contributed by atoms with Crippen LogP contribution in [0, 0.1) is 10.1 Å². The molecule has 1 amide bonds. The van der Waals surface area contributed by atoms with Gasteiger partial charge in [0.25, 0.3) is 5.69 Å². The van der Waals surface area contributed by atoms with Crippen LogP contribution in [0.4, 0.5) is 5.69 Å². The maximum absolute atomic E-state index is 11.7. The Morgan fingerprint density at radius 1 is 1.48 bits per heavy atom. The van der Waals surface area contributed by atoms with Crippen LogP contribution >= 0.6 is 11.6 Å². The van der Waals surface area contributed by atoms with Gasteiger partial charge in [-0.3, -0.25) is 14.9 Å². The van der Waals surface area contributed by atoms with Crippen LogP contribution in [0.1, 0.15) is 16.1 Å². The molecule has 0 unspecified atom stereocenters. The second-order valence-electron chi connectivity index (χ2n) is 3.78. The van der Waals surface area contributed by atoms with E-state index in [-0.39, 0.29) is 16.3 Å². The van der Waals surface area contributed by atoms with Gasteiger partial charge in [-0.05, 0) is 29.5 Å². The highest BCUT2D eigenvalue weighted by atomic mass is 35.5. The van der Waals surface area contributed by atoms with E-state index >= 15 is 0 Å². The molecule has 1 aromatic carbocycles. The fraction of sp³-hybridized carbons (Fsp3) is 0. The van der Waals surface area contributed by atoms with E-state index in [9.17, 15) is 20.0 Å². The largest absolute Gasteiger partial charge is 0.867 e. The smallest absolute Gasteiger partial charge is 0.307 e. The van der Waals surface area contributed by atoms with Crippen molar-refractivity contribution in [1.82, 2.24) is 5.43 Å². The zero-order valence-electron chi connectivity index (χ0n) is 10.3. The van der Waals surface area contributed by atoms with Crippen molar-refractivity contribution in [1.29, 1.82) is 0 Å². The van der Waals surface area contributed by atoms with Crippen LogP contribution in [-0.4, -0.2) is 17.0 Å². The van der Waals surface area contributed by atoms with Crippen LogP contribution in [0.5, 0.6) is 5.75 Å². The van der Waals surface area contributed by atoms with Crippen LogP contribution in [0.3, 0.4) is 0 Å². The number of halogens is 1. The van der Waals surface area contributed by atoms with Gasteiger partial charge in [0.05, 0.1) is 17.4 Å². The van der Waals surface area contributed by atoms with Crippen LogP contribution in [-0.2, 0) is 0 Å². The zero-order chi connectivity index (χ0) is 15.4. The minimum absolute atomic E-state index is 0.0140. The van der Waals surface area contributed by atoms with E-state index in [0.717, 1.165) is 12.3 Å². The number of benzene rings is 1. The van der Waals surface area contributed by atoms with Gasteiger partial charge in [0.15, 0.2) is 5.76 Å². The standard InChI is InChI=1S/C12H8ClN3O5/c13-8-4-7(11(17)9(5-8)16(19)20)6-14-15-12(18)10-2-1-3-21-10/h1-6,17H,(H,15,18)/p-1/b14-6-. The van der Waals surface area contributed by atoms with E-state index in [1.54, 1.807) is 0 Å². The summed E-state index contributed by atoms with van der Waals surface area (Å²) in [5, 5.41) is 26.0. The van der Waals surface area contributed by atoms with Crippen LogP contribution in [0.25, 0.3) is 0 Å². The Balaban J connectivity index is 2.18. The highest BCUT2D eigenvalue weighted by Crippen LogP contribution is 2.29. The lowest BCUT2D eigenvalue weighted by atomic mass is 10.2. The number of rotatable bonds is 4. The number of furan rings is 1. The molecule has 8 nitrogen and oxygen atoms in total. The molecule has 0 aliphatic carbocycles. The first-order valence-electron chi connectivity index (χ1n) is 5.51. The Kier molecular flexibility index (Phi) is 4.19. The van der Waals surface area contributed by atoms with Crippen molar-refractivity contribution < 1.29 is 19.2 Å². The molecule has 9 heteroatoms. The monoisotopic (exact) mass is 308 g/mol. The topological polar surface area (TPSA) is 121 Å². The quantitative estimate of drug-likeness (QED) is 0.523. The molecule has 2 aromatic rings. The molecule has 108 valence electrons. The van der Waals surface area contributed by atoms with E-state index in [1.807, 2.05) is 0 Å². The molecule has 0 saturated carbocycles. The Bertz CT molecular complexity index is 712. The molecule has 0 aliphatic rings. The second-order valence-corrected chi connectivity index (χ2v) is 4.21. The normalized spacial score (nSPS) is 10.7. The Morgan fingerprint density at radius 3 is 2.86 bits per heavy atom. The third-order valence-electron chi connectivity index (χ3n) is 2.37. The first-order valence-corrected chi connectivity index (χ1v) is 5.88. The summed E-state index contributed by atoms with van der Waals surface area (Å²) >= 11 is 5.68. The minimum Gasteiger partial charge on any atom is -0.867 e. The van der Waals surface area contributed by atoms with Gasteiger partial charge in [0.1, 0.15) is 0 Å². The molecule has 0 bridgehead atoms. The molecule has 0 atom stereocenters.